The lowest BCUT2D eigenvalue weighted by molar-refractivity contribution is 0.248. The largest absolute Gasteiger partial charge is 0.323 e. The van der Waals surface area contributed by atoms with Gasteiger partial charge in [-0.25, -0.2) is 0 Å². The third kappa shape index (κ3) is 5.80. The zero-order valence-electron chi connectivity index (χ0n) is 14.0. The van der Waals surface area contributed by atoms with Gasteiger partial charge in [0, 0.05) is 19.1 Å². The highest BCUT2D eigenvalue weighted by atomic mass is 15.1. The Morgan fingerprint density at radius 2 is 1.86 bits per heavy atom. The predicted octanol–water partition coefficient (Wildman–Crippen LogP) is 4.01. The first-order valence-corrected chi connectivity index (χ1v) is 8.65. The quantitative estimate of drug-likeness (QED) is 0.744. The van der Waals surface area contributed by atoms with Crippen molar-refractivity contribution < 1.29 is 0 Å². The van der Waals surface area contributed by atoms with Crippen molar-refractivity contribution in [3.05, 3.63) is 35.4 Å². The summed E-state index contributed by atoms with van der Waals surface area (Å²) in [4.78, 5) is 2.56. The summed E-state index contributed by atoms with van der Waals surface area (Å²) in [7, 11) is 0. The first kappa shape index (κ1) is 16.5. The van der Waals surface area contributed by atoms with E-state index in [1.54, 1.807) is 0 Å². The molecule has 118 valence electrons. The van der Waals surface area contributed by atoms with Gasteiger partial charge in [0.15, 0.2) is 0 Å². The van der Waals surface area contributed by atoms with Crippen LogP contribution in [0.5, 0.6) is 0 Å². The molecule has 0 aromatic heterocycles. The van der Waals surface area contributed by atoms with Gasteiger partial charge in [-0.1, -0.05) is 45.0 Å². The van der Waals surface area contributed by atoms with Crippen LogP contribution in [0.2, 0.25) is 0 Å². The van der Waals surface area contributed by atoms with Gasteiger partial charge in [-0.3, -0.25) is 0 Å². The molecule has 0 aliphatic heterocycles. The second kappa shape index (κ2) is 7.95. The van der Waals surface area contributed by atoms with Crippen molar-refractivity contribution in [2.75, 3.05) is 19.6 Å². The van der Waals surface area contributed by atoms with E-state index in [1.807, 2.05) is 0 Å². The lowest BCUT2D eigenvalue weighted by atomic mass is 9.99. The summed E-state index contributed by atoms with van der Waals surface area (Å²) in [5, 5.41) is 0. The summed E-state index contributed by atoms with van der Waals surface area (Å²) < 4.78 is 0. The van der Waals surface area contributed by atoms with Gasteiger partial charge in [0.25, 0.3) is 0 Å². The van der Waals surface area contributed by atoms with E-state index in [0.717, 1.165) is 18.9 Å². The fraction of sp³-hybridized carbons (Fsp3) is 0.684. The Morgan fingerprint density at radius 3 is 2.38 bits per heavy atom. The van der Waals surface area contributed by atoms with Crippen LogP contribution < -0.4 is 5.73 Å². The van der Waals surface area contributed by atoms with Crippen LogP contribution in [0.15, 0.2) is 24.3 Å². The summed E-state index contributed by atoms with van der Waals surface area (Å²) >= 11 is 0. The SMILES string of the molecule is CCCN(CC1CC1)CC(N)c1ccc(CC(C)C)cc1. The molecule has 0 saturated heterocycles. The zero-order chi connectivity index (χ0) is 15.2. The van der Waals surface area contributed by atoms with Crippen LogP contribution >= 0.6 is 0 Å². The maximum absolute atomic E-state index is 6.43. The second-order valence-electron chi connectivity index (χ2n) is 7.15. The fourth-order valence-corrected chi connectivity index (χ4v) is 2.99. The third-order valence-corrected chi connectivity index (χ3v) is 4.26. The van der Waals surface area contributed by atoms with Gasteiger partial charge in [0.05, 0.1) is 0 Å². The van der Waals surface area contributed by atoms with Crippen molar-refractivity contribution >= 4 is 0 Å². The minimum Gasteiger partial charge on any atom is -0.323 e. The van der Waals surface area contributed by atoms with Crippen LogP contribution in [-0.4, -0.2) is 24.5 Å². The minimum atomic E-state index is 0.142. The predicted molar refractivity (Wildman–Crippen MR) is 91.4 cm³/mol. The normalized spacial score (nSPS) is 16.7. The Labute approximate surface area is 130 Å². The van der Waals surface area contributed by atoms with Gasteiger partial charge in [0.2, 0.25) is 0 Å². The molecule has 1 aromatic carbocycles. The highest BCUT2D eigenvalue weighted by Crippen LogP contribution is 2.30. The molecule has 2 heteroatoms. The molecule has 2 N–H and O–H groups in total. The molecule has 0 amide bonds. The van der Waals surface area contributed by atoms with E-state index in [-0.39, 0.29) is 6.04 Å². The van der Waals surface area contributed by atoms with Gasteiger partial charge in [-0.15, -0.1) is 0 Å². The van der Waals surface area contributed by atoms with E-state index in [0.29, 0.717) is 5.92 Å². The molecule has 1 fully saturated rings. The van der Waals surface area contributed by atoms with Crippen molar-refractivity contribution in [2.24, 2.45) is 17.6 Å². The smallest absolute Gasteiger partial charge is 0.0424 e. The number of hydrogen-bond acceptors (Lipinski definition) is 2. The van der Waals surface area contributed by atoms with E-state index in [1.165, 1.54) is 43.5 Å². The number of rotatable bonds is 9. The van der Waals surface area contributed by atoms with Crippen LogP contribution in [0.3, 0.4) is 0 Å². The molecule has 1 atom stereocenters. The van der Waals surface area contributed by atoms with Crippen molar-refractivity contribution in [1.82, 2.24) is 4.90 Å². The fourth-order valence-electron chi connectivity index (χ4n) is 2.99. The van der Waals surface area contributed by atoms with Crippen LogP contribution in [-0.2, 0) is 6.42 Å². The van der Waals surface area contributed by atoms with Gasteiger partial charge in [-0.2, -0.15) is 0 Å². The Morgan fingerprint density at radius 1 is 1.19 bits per heavy atom. The molecule has 1 unspecified atom stereocenters. The molecule has 0 spiro atoms. The summed E-state index contributed by atoms with van der Waals surface area (Å²) in [6.07, 6.45) is 5.20. The number of nitrogens with zero attached hydrogens (tertiary/aromatic N) is 1. The van der Waals surface area contributed by atoms with Gasteiger partial charge < -0.3 is 10.6 Å². The molecule has 21 heavy (non-hydrogen) atoms. The van der Waals surface area contributed by atoms with Crippen LogP contribution in [0.1, 0.15) is 57.2 Å². The van der Waals surface area contributed by atoms with E-state index in [4.69, 9.17) is 5.73 Å². The molecule has 1 aromatic rings. The van der Waals surface area contributed by atoms with Crippen molar-refractivity contribution in [3.63, 3.8) is 0 Å². The van der Waals surface area contributed by atoms with Crippen molar-refractivity contribution in [1.29, 1.82) is 0 Å². The average Bonchev–Trinajstić information content (AvgIpc) is 3.23. The summed E-state index contributed by atoms with van der Waals surface area (Å²) in [5.74, 6) is 1.65. The van der Waals surface area contributed by atoms with Crippen LogP contribution in [0.25, 0.3) is 0 Å². The van der Waals surface area contributed by atoms with E-state index >= 15 is 0 Å². The van der Waals surface area contributed by atoms with Crippen LogP contribution in [0, 0.1) is 11.8 Å². The average molecular weight is 288 g/mol. The molecule has 0 bridgehead atoms. The highest BCUT2D eigenvalue weighted by molar-refractivity contribution is 5.25. The first-order chi connectivity index (χ1) is 10.1. The maximum Gasteiger partial charge on any atom is 0.0424 e. The Balaban J connectivity index is 1.89. The molecule has 2 nitrogen and oxygen atoms in total. The molecular weight excluding hydrogens is 256 g/mol. The lowest BCUT2D eigenvalue weighted by Gasteiger charge is -2.25. The van der Waals surface area contributed by atoms with E-state index < -0.39 is 0 Å². The summed E-state index contributed by atoms with van der Waals surface area (Å²) in [6.45, 7) is 10.2. The topological polar surface area (TPSA) is 29.3 Å². The number of benzene rings is 1. The Kier molecular flexibility index (Phi) is 6.25. The van der Waals surface area contributed by atoms with Crippen molar-refractivity contribution in [3.8, 4) is 0 Å². The molecule has 1 saturated carbocycles. The molecule has 2 rings (SSSR count). The minimum absolute atomic E-state index is 0.142. The summed E-state index contributed by atoms with van der Waals surface area (Å²) in [5.41, 5.74) is 9.13. The van der Waals surface area contributed by atoms with Gasteiger partial charge in [0.1, 0.15) is 0 Å². The maximum atomic E-state index is 6.43. The summed E-state index contributed by atoms with van der Waals surface area (Å²) in [6, 6.07) is 9.09. The van der Waals surface area contributed by atoms with Crippen molar-refractivity contribution in [2.45, 2.75) is 52.5 Å². The van der Waals surface area contributed by atoms with E-state index in [9.17, 15) is 0 Å². The molecule has 0 radical (unpaired) electrons. The second-order valence-corrected chi connectivity index (χ2v) is 7.15. The first-order valence-electron chi connectivity index (χ1n) is 8.65. The molecular formula is C19H32N2. The zero-order valence-corrected chi connectivity index (χ0v) is 14.0. The van der Waals surface area contributed by atoms with Gasteiger partial charge >= 0.3 is 0 Å². The molecule has 0 heterocycles. The Hall–Kier alpha value is -0.860. The molecule has 1 aliphatic carbocycles. The highest BCUT2D eigenvalue weighted by Gasteiger charge is 2.24. The molecule has 1 aliphatic rings. The van der Waals surface area contributed by atoms with E-state index in [2.05, 4.69) is 49.9 Å². The van der Waals surface area contributed by atoms with Crippen LogP contribution in [0.4, 0.5) is 0 Å². The standard InChI is InChI=1S/C19H32N2/c1-4-11-21(13-17-5-6-17)14-19(20)18-9-7-16(8-10-18)12-15(2)3/h7-10,15,17,19H,4-6,11-14,20H2,1-3H3. The monoisotopic (exact) mass is 288 g/mol. The Bertz CT molecular complexity index is 406. The van der Waals surface area contributed by atoms with Gasteiger partial charge in [-0.05, 0) is 55.2 Å². The number of nitrogens with two attached hydrogens (primary N) is 1. The lowest BCUT2D eigenvalue weighted by Crippen LogP contribution is -2.34. The third-order valence-electron chi connectivity index (χ3n) is 4.26. The number of hydrogen-bond donors (Lipinski definition) is 1.